The van der Waals surface area contributed by atoms with E-state index in [-0.39, 0.29) is 12.4 Å². The van der Waals surface area contributed by atoms with Gasteiger partial charge in [0.15, 0.2) is 0 Å². The minimum absolute atomic E-state index is 0. The zero-order chi connectivity index (χ0) is 17.8. The first-order valence-electron chi connectivity index (χ1n) is 10.3. The second kappa shape index (κ2) is 13.6. The number of quaternary nitrogens is 1. The Labute approximate surface area is 164 Å². The minimum Gasteiger partial charge on any atom is -1.00 e. The molecule has 0 unspecified atom stereocenters. The number of benzene rings is 1. The molecule has 0 spiro atoms. The normalized spacial score (nSPS) is 11.4. The molecule has 1 rings (SSSR count). The average Bonchev–Trinajstić information content (AvgIpc) is 2.51. The van der Waals surface area contributed by atoms with Crippen molar-refractivity contribution in [3.05, 3.63) is 34.9 Å². The number of aryl methyl sites for hydroxylation is 2. The predicted octanol–water partition coefficient (Wildman–Crippen LogP) is 3.67. The summed E-state index contributed by atoms with van der Waals surface area (Å²) in [7, 11) is 6.82. The molecule has 0 aliphatic heterocycles. The van der Waals surface area contributed by atoms with E-state index in [2.05, 4.69) is 53.2 Å². The molecule has 146 valence electrons. The molecule has 2 heteroatoms. The van der Waals surface area contributed by atoms with Crippen LogP contribution < -0.4 is 12.4 Å². The van der Waals surface area contributed by atoms with E-state index < -0.39 is 0 Å². The van der Waals surface area contributed by atoms with Crippen LogP contribution in [0.15, 0.2) is 18.2 Å². The third-order valence-electron chi connectivity index (χ3n) is 4.88. The van der Waals surface area contributed by atoms with Crippen LogP contribution in [0.5, 0.6) is 0 Å². The largest absolute Gasteiger partial charge is 1.00 e. The van der Waals surface area contributed by atoms with Crippen LogP contribution >= 0.6 is 0 Å². The minimum atomic E-state index is 0. The lowest BCUT2D eigenvalue weighted by molar-refractivity contribution is -0.884. The number of rotatable bonds is 13. The van der Waals surface area contributed by atoms with E-state index in [4.69, 9.17) is 0 Å². The molecule has 0 saturated heterocycles. The summed E-state index contributed by atoms with van der Waals surface area (Å²) in [5.74, 6) is 0. The number of hydrogen-bond donors (Lipinski definition) is 0. The molecule has 1 nitrogen and oxygen atoms in total. The second-order valence-electron chi connectivity index (χ2n) is 8.64. The van der Waals surface area contributed by atoms with E-state index in [1.54, 1.807) is 0 Å². The van der Waals surface area contributed by atoms with Crippen molar-refractivity contribution in [2.24, 2.45) is 0 Å². The summed E-state index contributed by atoms with van der Waals surface area (Å²) >= 11 is 0. The highest BCUT2D eigenvalue weighted by atomic mass is 35.5. The summed E-state index contributed by atoms with van der Waals surface area (Å²) in [4.78, 5) is 0. The van der Waals surface area contributed by atoms with Gasteiger partial charge >= 0.3 is 0 Å². The third-order valence-corrected chi connectivity index (χ3v) is 4.88. The molecule has 0 N–H and O–H groups in total. The number of hydrogen-bond acceptors (Lipinski definition) is 0. The zero-order valence-corrected chi connectivity index (χ0v) is 18.3. The Morgan fingerprint density at radius 1 is 0.760 bits per heavy atom. The average molecular weight is 368 g/mol. The van der Waals surface area contributed by atoms with Gasteiger partial charge in [0.2, 0.25) is 0 Å². The van der Waals surface area contributed by atoms with Crippen molar-refractivity contribution < 1.29 is 16.9 Å². The lowest BCUT2D eigenvalue weighted by Crippen LogP contribution is -3.00. The van der Waals surface area contributed by atoms with Crippen LogP contribution in [-0.2, 0) is 13.0 Å². The molecular weight excluding hydrogens is 326 g/mol. The van der Waals surface area contributed by atoms with Gasteiger partial charge < -0.3 is 16.9 Å². The van der Waals surface area contributed by atoms with Crippen molar-refractivity contribution in [1.82, 2.24) is 0 Å². The van der Waals surface area contributed by atoms with Crippen molar-refractivity contribution in [2.45, 2.75) is 91.0 Å². The van der Waals surface area contributed by atoms with Gasteiger partial charge in [0.1, 0.15) is 6.54 Å². The standard InChI is InChI=1S/C23H42N.ClH/c1-6-7-8-9-10-11-12-13-14-15-16-22-18-17-21(2)23(19-22)20-24(3,4)5;/h17-19H,6-16,20H2,1-5H3;1H/q+1;/p-1. The number of halogens is 1. The van der Waals surface area contributed by atoms with Crippen molar-refractivity contribution in [1.29, 1.82) is 0 Å². The van der Waals surface area contributed by atoms with Crippen LogP contribution in [0.3, 0.4) is 0 Å². The van der Waals surface area contributed by atoms with Crippen LogP contribution in [0.4, 0.5) is 0 Å². The quantitative estimate of drug-likeness (QED) is 0.368. The Hall–Kier alpha value is -0.530. The Bertz CT molecular complexity index is 448. The summed E-state index contributed by atoms with van der Waals surface area (Å²) in [5, 5.41) is 0. The molecule has 0 atom stereocenters. The maximum atomic E-state index is 2.45. The molecule has 0 amide bonds. The van der Waals surface area contributed by atoms with E-state index in [0.29, 0.717) is 0 Å². The monoisotopic (exact) mass is 367 g/mol. The molecule has 0 fully saturated rings. The maximum absolute atomic E-state index is 2.45. The van der Waals surface area contributed by atoms with Gasteiger partial charge in [-0.05, 0) is 37.0 Å². The fraction of sp³-hybridized carbons (Fsp3) is 0.739. The van der Waals surface area contributed by atoms with Gasteiger partial charge in [-0.1, -0.05) is 76.8 Å². The predicted molar refractivity (Wildman–Crippen MR) is 108 cm³/mol. The molecular formula is C23H42ClN. The van der Waals surface area contributed by atoms with E-state index in [0.717, 1.165) is 11.0 Å². The molecule has 0 aliphatic rings. The van der Waals surface area contributed by atoms with Gasteiger partial charge in [0.05, 0.1) is 21.1 Å². The lowest BCUT2D eigenvalue weighted by atomic mass is 9.99. The fourth-order valence-corrected chi connectivity index (χ4v) is 3.38. The summed E-state index contributed by atoms with van der Waals surface area (Å²) < 4.78 is 1.00. The Morgan fingerprint density at radius 2 is 1.28 bits per heavy atom. The Morgan fingerprint density at radius 3 is 1.80 bits per heavy atom. The van der Waals surface area contributed by atoms with Crippen molar-refractivity contribution >= 4 is 0 Å². The number of unbranched alkanes of at least 4 members (excludes halogenated alkanes) is 9. The van der Waals surface area contributed by atoms with Gasteiger partial charge in [-0.25, -0.2) is 0 Å². The zero-order valence-electron chi connectivity index (χ0n) is 17.5. The molecule has 25 heavy (non-hydrogen) atoms. The summed E-state index contributed by atoms with van der Waals surface area (Å²) in [6.45, 7) is 5.66. The molecule has 0 radical (unpaired) electrons. The van der Waals surface area contributed by atoms with Gasteiger partial charge in [0, 0.05) is 5.56 Å². The van der Waals surface area contributed by atoms with E-state index >= 15 is 0 Å². The highest BCUT2D eigenvalue weighted by Gasteiger charge is 2.11. The Balaban J connectivity index is 0.00000576. The van der Waals surface area contributed by atoms with Crippen LogP contribution in [0.25, 0.3) is 0 Å². The first kappa shape index (κ1) is 24.5. The van der Waals surface area contributed by atoms with Crippen LogP contribution in [0.2, 0.25) is 0 Å². The molecule has 1 aromatic carbocycles. The van der Waals surface area contributed by atoms with Gasteiger partial charge in [-0.3, -0.25) is 0 Å². The smallest absolute Gasteiger partial charge is 0.104 e. The maximum Gasteiger partial charge on any atom is 0.104 e. The molecule has 1 aromatic rings. The number of nitrogens with zero attached hydrogens (tertiary/aromatic N) is 1. The highest BCUT2D eigenvalue weighted by Crippen LogP contribution is 2.17. The van der Waals surface area contributed by atoms with Gasteiger partial charge in [0.25, 0.3) is 0 Å². The van der Waals surface area contributed by atoms with E-state index in [1.165, 1.54) is 87.3 Å². The second-order valence-corrected chi connectivity index (χ2v) is 8.64. The third kappa shape index (κ3) is 12.5. The van der Waals surface area contributed by atoms with Crippen LogP contribution in [0.1, 0.15) is 87.8 Å². The first-order valence-corrected chi connectivity index (χ1v) is 10.3. The molecule has 0 bridgehead atoms. The molecule has 0 heterocycles. The van der Waals surface area contributed by atoms with E-state index in [9.17, 15) is 0 Å². The summed E-state index contributed by atoms with van der Waals surface area (Å²) in [6, 6.07) is 7.10. The summed E-state index contributed by atoms with van der Waals surface area (Å²) in [5.41, 5.74) is 4.49. The fourth-order valence-electron chi connectivity index (χ4n) is 3.38. The highest BCUT2D eigenvalue weighted by molar-refractivity contribution is 5.30. The first-order chi connectivity index (χ1) is 11.4. The Kier molecular flexibility index (Phi) is 13.4. The molecule has 0 saturated carbocycles. The van der Waals surface area contributed by atoms with Crippen molar-refractivity contribution in [3.8, 4) is 0 Å². The van der Waals surface area contributed by atoms with Gasteiger partial charge in [-0.15, -0.1) is 0 Å². The van der Waals surface area contributed by atoms with Crippen molar-refractivity contribution in [2.75, 3.05) is 21.1 Å². The molecule has 0 aromatic heterocycles. The van der Waals surface area contributed by atoms with Crippen LogP contribution in [-0.4, -0.2) is 25.6 Å². The topological polar surface area (TPSA) is 0 Å². The van der Waals surface area contributed by atoms with Crippen molar-refractivity contribution in [3.63, 3.8) is 0 Å². The lowest BCUT2D eigenvalue weighted by Gasteiger charge is -2.25. The molecule has 0 aliphatic carbocycles. The van der Waals surface area contributed by atoms with E-state index in [1.807, 2.05) is 0 Å². The summed E-state index contributed by atoms with van der Waals surface area (Å²) in [6.07, 6.45) is 15.4. The van der Waals surface area contributed by atoms with Gasteiger partial charge in [-0.2, -0.15) is 0 Å². The van der Waals surface area contributed by atoms with Crippen LogP contribution in [0, 0.1) is 6.92 Å². The SMILES string of the molecule is CCCCCCCCCCCCc1ccc(C)c(C[N+](C)(C)C)c1.[Cl-].